The number of hydrogen-bond donors (Lipinski definition) is 4. The monoisotopic (exact) mass is 481 g/mol. The number of methoxy groups -OCH3 is 1. The number of carbonyl (C=O) groups excluding carboxylic acids is 4. The number of aromatic nitrogens is 1. The summed E-state index contributed by atoms with van der Waals surface area (Å²) in [5.41, 5.74) is 6.63. The minimum atomic E-state index is -0.980. The smallest absolute Gasteiger partial charge is 0.271 e. The van der Waals surface area contributed by atoms with Crippen LogP contribution in [0.25, 0.3) is 10.9 Å². The molecule has 35 heavy (non-hydrogen) atoms. The largest absolute Gasteiger partial charge is 0.496 e. The Balaban J connectivity index is 1.39. The van der Waals surface area contributed by atoms with E-state index in [9.17, 15) is 19.2 Å². The first kappa shape index (κ1) is 23.2. The maximum Gasteiger partial charge on any atom is 0.271 e. The molecule has 0 bridgehead atoms. The minimum absolute atomic E-state index is 0.0197. The summed E-state index contributed by atoms with van der Waals surface area (Å²) >= 11 is 0. The van der Waals surface area contributed by atoms with Crippen molar-refractivity contribution < 1.29 is 23.9 Å². The lowest BCUT2D eigenvalue weighted by atomic mass is 9.96. The number of carbonyl (C=O) groups is 4. The Kier molecular flexibility index (Phi) is 5.49. The third kappa shape index (κ3) is 3.81. The van der Waals surface area contributed by atoms with Gasteiger partial charge in [0.2, 0.25) is 17.7 Å². The number of piperidine rings is 1. The fourth-order valence-electron chi connectivity index (χ4n) is 6.03. The number of nitrogens with zero attached hydrogens (tertiary/aromatic N) is 1. The predicted octanol–water partition coefficient (Wildman–Crippen LogP) is 0.769. The zero-order valence-corrected chi connectivity index (χ0v) is 20.1. The topological polar surface area (TPSA) is 147 Å². The van der Waals surface area contributed by atoms with E-state index in [1.54, 1.807) is 18.1 Å². The quantitative estimate of drug-likeness (QED) is 0.461. The Morgan fingerprint density at radius 3 is 2.74 bits per heavy atom. The Morgan fingerprint density at radius 1 is 1.31 bits per heavy atom. The van der Waals surface area contributed by atoms with Crippen molar-refractivity contribution in [2.24, 2.45) is 28.9 Å². The van der Waals surface area contributed by atoms with Crippen molar-refractivity contribution in [1.82, 2.24) is 20.5 Å². The average molecular weight is 482 g/mol. The molecule has 5 atom stereocenters. The molecule has 0 radical (unpaired) electrons. The molecule has 2 aromatic rings. The van der Waals surface area contributed by atoms with Gasteiger partial charge in [-0.2, -0.15) is 0 Å². The molecule has 0 spiro atoms. The van der Waals surface area contributed by atoms with Gasteiger partial charge in [-0.05, 0) is 48.3 Å². The Morgan fingerprint density at radius 2 is 2.09 bits per heavy atom. The molecule has 2 saturated heterocycles. The molecule has 10 nitrogen and oxygen atoms in total. The van der Waals surface area contributed by atoms with Crippen molar-refractivity contribution in [3.8, 4) is 5.75 Å². The van der Waals surface area contributed by atoms with E-state index >= 15 is 0 Å². The summed E-state index contributed by atoms with van der Waals surface area (Å²) in [7, 11) is 1.57. The van der Waals surface area contributed by atoms with E-state index in [1.165, 1.54) is 0 Å². The van der Waals surface area contributed by atoms with Gasteiger partial charge in [0.15, 0.2) is 0 Å². The highest BCUT2D eigenvalue weighted by molar-refractivity contribution is 6.02. The summed E-state index contributed by atoms with van der Waals surface area (Å²) in [6.45, 7) is 5.17. The van der Waals surface area contributed by atoms with Crippen LogP contribution < -0.4 is 21.1 Å². The van der Waals surface area contributed by atoms with Crippen molar-refractivity contribution in [2.45, 2.75) is 38.8 Å². The minimum Gasteiger partial charge on any atom is -0.496 e. The molecular weight excluding hydrogens is 450 g/mol. The van der Waals surface area contributed by atoms with Crippen molar-refractivity contribution >= 4 is 34.5 Å². The number of likely N-dealkylation sites (tertiary alicyclic amines) is 1. The lowest BCUT2D eigenvalue weighted by Gasteiger charge is -2.31. The number of benzene rings is 1. The van der Waals surface area contributed by atoms with Crippen molar-refractivity contribution in [2.75, 3.05) is 20.2 Å². The van der Waals surface area contributed by atoms with Crippen LogP contribution in [0, 0.1) is 23.2 Å². The highest BCUT2D eigenvalue weighted by Gasteiger charge is 2.69. The second-order valence-electron chi connectivity index (χ2n) is 10.4. The Labute approximate surface area is 202 Å². The molecule has 3 fully saturated rings. The van der Waals surface area contributed by atoms with Gasteiger partial charge in [0, 0.05) is 29.9 Å². The van der Waals surface area contributed by atoms with Crippen LogP contribution in [0.2, 0.25) is 0 Å². The van der Waals surface area contributed by atoms with E-state index in [1.807, 2.05) is 18.2 Å². The maximum atomic E-state index is 13.6. The van der Waals surface area contributed by atoms with Crippen LogP contribution in [0.4, 0.5) is 0 Å². The first-order valence-corrected chi connectivity index (χ1v) is 12.0. The first-order valence-electron chi connectivity index (χ1n) is 12.0. The fourth-order valence-corrected chi connectivity index (χ4v) is 6.03. The van der Waals surface area contributed by atoms with Gasteiger partial charge in [-0.3, -0.25) is 19.2 Å². The summed E-state index contributed by atoms with van der Waals surface area (Å²) in [6.07, 6.45) is 0.737. The van der Waals surface area contributed by atoms with Crippen LogP contribution in [0.1, 0.15) is 37.2 Å². The molecule has 4 amide bonds. The van der Waals surface area contributed by atoms with Crippen LogP contribution in [0.5, 0.6) is 5.75 Å². The molecular formula is C25H31N5O5. The van der Waals surface area contributed by atoms with Crippen LogP contribution in [-0.2, 0) is 14.4 Å². The number of fused-ring (bicyclic) bond motifs is 2. The average Bonchev–Trinajstić information content (AvgIpc) is 3.33. The summed E-state index contributed by atoms with van der Waals surface area (Å²) < 4.78 is 5.40. The zero-order valence-electron chi connectivity index (χ0n) is 20.1. The molecule has 1 aromatic heterocycles. The summed E-state index contributed by atoms with van der Waals surface area (Å²) in [4.78, 5) is 56.0. The summed E-state index contributed by atoms with van der Waals surface area (Å²) in [5, 5.41) is 6.29. The second-order valence-corrected chi connectivity index (χ2v) is 10.4. The van der Waals surface area contributed by atoms with Gasteiger partial charge in [-0.1, -0.05) is 19.9 Å². The zero-order chi connectivity index (χ0) is 25.1. The summed E-state index contributed by atoms with van der Waals surface area (Å²) in [6, 6.07) is 5.56. The van der Waals surface area contributed by atoms with Crippen LogP contribution >= 0.6 is 0 Å². The van der Waals surface area contributed by atoms with Gasteiger partial charge in [0.25, 0.3) is 5.91 Å². The second kappa shape index (κ2) is 8.28. The van der Waals surface area contributed by atoms with E-state index in [4.69, 9.17) is 10.5 Å². The van der Waals surface area contributed by atoms with Crippen LogP contribution in [0.15, 0.2) is 24.3 Å². The van der Waals surface area contributed by atoms with Crippen molar-refractivity contribution in [1.29, 1.82) is 0 Å². The number of ether oxygens (including phenoxy) is 1. The number of amides is 4. The molecule has 3 aliphatic rings. The fraction of sp³-hybridized carbons (Fsp3) is 0.520. The third-order valence-electron chi connectivity index (χ3n) is 8.16. The van der Waals surface area contributed by atoms with Crippen LogP contribution in [0.3, 0.4) is 0 Å². The van der Waals surface area contributed by atoms with E-state index in [2.05, 4.69) is 29.5 Å². The van der Waals surface area contributed by atoms with Crippen molar-refractivity contribution in [3.05, 3.63) is 30.0 Å². The van der Waals surface area contributed by atoms with E-state index in [0.717, 1.165) is 10.9 Å². The van der Waals surface area contributed by atoms with E-state index in [-0.39, 0.29) is 41.4 Å². The van der Waals surface area contributed by atoms with Gasteiger partial charge in [-0.25, -0.2) is 0 Å². The standard InChI is InChI=1S/C25H31N5O5/c1-25(2)14-11-30(24(34)17-10-13-15(28-17)5-4-6-18(13)35-3)20(19(14)25)23(33)29-16(21(26)31)9-12-7-8-27-22(12)32/h4-6,10,12,14,16,19-20,28H,7-9,11H2,1-3H3,(H2,26,31)(H,27,32)(H,29,33)/t12-,14-,16-,19?,20-/m0/s1. The molecule has 1 aliphatic carbocycles. The third-order valence-corrected chi connectivity index (χ3v) is 8.16. The molecule has 186 valence electrons. The number of primary amides is 1. The SMILES string of the molecule is COc1cccc2[nH]c(C(=O)N3C[C@H]4C([C@H]3C(=O)N[C@@H](C[C@@H]3CCNC3=O)C(N)=O)C4(C)C)cc12. The molecule has 1 aromatic carbocycles. The number of nitrogens with two attached hydrogens (primary N) is 1. The molecule has 5 rings (SSSR count). The van der Waals surface area contributed by atoms with Gasteiger partial charge >= 0.3 is 0 Å². The normalized spacial score (nSPS) is 27.3. The molecule has 2 aliphatic heterocycles. The number of nitrogens with one attached hydrogen (secondary N) is 3. The lowest BCUT2D eigenvalue weighted by Crippen LogP contribution is -2.55. The molecule has 5 N–H and O–H groups in total. The Hall–Kier alpha value is -3.56. The lowest BCUT2D eigenvalue weighted by molar-refractivity contribution is -0.131. The number of aromatic amines is 1. The molecule has 1 saturated carbocycles. The molecule has 10 heteroatoms. The van der Waals surface area contributed by atoms with Gasteiger partial charge in [-0.15, -0.1) is 0 Å². The number of rotatable bonds is 7. The maximum absolute atomic E-state index is 13.6. The molecule has 3 heterocycles. The highest BCUT2D eigenvalue weighted by Crippen LogP contribution is 2.65. The predicted molar refractivity (Wildman–Crippen MR) is 127 cm³/mol. The highest BCUT2D eigenvalue weighted by atomic mass is 16.5. The van der Waals surface area contributed by atoms with Gasteiger partial charge < -0.3 is 31.0 Å². The molecule has 1 unspecified atom stereocenters. The van der Waals surface area contributed by atoms with Gasteiger partial charge in [0.05, 0.1) is 7.11 Å². The summed E-state index contributed by atoms with van der Waals surface area (Å²) in [5.74, 6) is -1.07. The van der Waals surface area contributed by atoms with Crippen LogP contribution in [-0.4, -0.2) is 65.8 Å². The number of H-pyrrole nitrogens is 1. The van der Waals surface area contributed by atoms with E-state index < -0.39 is 23.9 Å². The van der Waals surface area contributed by atoms with Gasteiger partial charge in [0.1, 0.15) is 23.5 Å². The Bertz CT molecular complexity index is 1220. The van der Waals surface area contributed by atoms with E-state index in [0.29, 0.717) is 31.0 Å². The van der Waals surface area contributed by atoms with Crippen molar-refractivity contribution in [3.63, 3.8) is 0 Å². The first-order chi connectivity index (χ1) is 16.6. The number of hydrogen-bond acceptors (Lipinski definition) is 5.